The number of alkyl halides is 1. The smallest absolute Gasteiger partial charge is 0.132 e. The minimum atomic E-state index is 0.841. The highest BCUT2D eigenvalue weighted by Gasteiger charge is 2.06. The highest BCUT2D eigenvalue weighted by Crippen LogP contribution is 2.24. The Labute approximate surface area is 117 Å². The average Bonchev–Trinajstić information content (AvgIpc) is 2.37. The zero-order valence-electron chi connectivity index (χ0n) is 10.9. The molecule has 0 N–H and O–H groups in total. The van der Waals surface area contributed by atoms with Gasteiger partial charge in [-0.25, -0.2) is 4.98 Å². The summed E-state index contributed by atoms with van der Waals surface area (Å²) in [7, 11) is 2.05. The van der Waals surface area contributed by atoms with E-state index in [2.05, 4.69) is 63.9 Å². The maximum atomic E-state index is 4.48. The molecule has 0 amide bonds. The Hall–Kier alpha value is -1.35. The molecule has 1 aromatic carbocycles. The van der Waals surface area contributed by atoms with E-state index in [1.807, 2.05) is 19.3 Å². The SMILES string of the molecule is Cc1cc(C)cc(N(C)c2ccc(CBr)cn2)c1. The molecule has 18 heavy (non-hydrogen) atoms. The summed E-state index contributed by atoms with van der Waals surface area (Å²) in [5, 5.41) is 0.841. The van der Waals surface area contributed by atoms with Crippen LogP contribution in [0.4, 0.5) is 11.5 Å². The van der Waals surface area contributed by atoms with Crippen LogP contribution in [0.3, 0.4) is 0 Å². The van der Waals surface area contributed by atoms with Gasteiger partial charge in [-0.1, -0.05) is 28.1 Å². The van der Waals surface area contributed by atoms with Crippen molar-refractivity contribution in [2.75, 3.05) is 11.9 Å². The minimum absolute atomic E-state index is 0.841. The third kappa shape index (κ3) is 2.91. The second-order valence-corrected chi connectivity index (χ2v) is 5.12. The summed E-state index contributed by atoms with van der Waals surface area (Å²) in [6, 6.07) is 10.7. The molecule has 0 unspecified atom stereocenters. The van der Waals surface area contributed by atoms with Crippen molar-refractivity contribution in [3.63, 3.8) is 0 Å². The van der Waals surface area contributed by atoms with E-state index in [4.69, 9.17) is 0 Å². The second kappa shape index (κ2) is 5.53. The largest absolute Gasteiger partial charge is 0.329 e. The van der Waals surface area contributed by atoms with Gasteiger partial charge in [0.25, 0.3) is 0 Å². The van der Waals surface area contributed by atoms with Crippen molar-refractivity contribution in [2.24, 2.45) is 0 Å². The highest BCUT2D eigenvalue weighted by molar-refractivity contribution is 9.08. The molecule has 1 heterocycles. The molecule has 3 heteroatoms. The van der Waals surface area contributed by atoms with Gasteiger partial charge in [-0.3, -0.25) is 0 Å². The first-order valence-electron chi connectivity index (χ1n) is 5.93. The topological polar surface area (TPSA) is 16.1 Å². The van der Waals surface area contributed by atoms with Crippen molar-refractivity contribution in [2.45, 2.75) is 19.2 Å². The standard InChI is InChI=1S/C15H17BrN2/c1-11-6-12(2)8-14(7-11)18(3)15-5-4-13(9-16)10-17-15/h4-8,10H,9H2,1-3H3. The van der Waals surface area contributed by atoms with Crippen molar-refractivity contribution in [1.82, 2.24) is 4.98 Å². The number of halogens is 1. The molecule has 0 saturated carbocycles. The molecule has 2 nitrogen and oxygen atoms in total. The van der Waals surface area contributed by atoms with Crippen molar-refractivity contribution in [1.29, 1.82) is 0 Å². The molecule has 2 aromatic rings. The number of aromatic nitrogens is 1. The van der Waals surface area contributed by atoms with Gasteiger partial charge >= 0.3 is 0 Å². The van der Waals surface area contributed by atoms with E-state index in [9.17, 15) is 0 Å². The Morgan fingerprint density at radius 3 is 2.28 bits per heavy atom. The maximum Gasteiger partial charge on any atom is 0.132 e. The highest BCUT2D eigenvalue weighted by atomic mass is 79.9. The molecule has 0 atom stereocenters. The van der Waals surface area contributed by atoms with Crippen LogP contribution in [0.15, 0.2) is 36.5 Å². The van der Waals surface area contributed by atoms with Crippen LogP contribution >= 0.6 is 15.9 Å². The third-order valence-corrected chi connectivity index (χ3v) is 3.55. The summed E-state index contributed by atoms with van der Waals surface area (Å²) in [5.74, 6) is 0.963. The Balaban J connectivity index is 2.31. The number of pyridine rings is 1. The first kappa shape index (κ1) is 13.1. The molecule has 0 radical (unpaired) electrons. The van der Waals surface area contributed by atoms with Crippen LogP contribution in [0, 0.1) is 13.8 Å². The maximum absolute atomic E-state index is 4.48. The summed E-state index contributed by atoms with van der Waals surface area (Å²) in [6.45, 7) is 4.23. The second-order valence-electron chi connectivity index (χ2n) is 4.56. The average molecular weight is 305 g/mol. The van der Waals surface area contributed by atoms with Crippen LogP contribution in [0.25, 0.3) is 0 Å². The summed E-state index contributed by atoms with van der Waals surface area (Å²) < 4.78 is 0. The van der Waals surface area contributed by atoms with Gasteiger partial charge in [-0.15, -0.1) is 0 Å². The van der Waals surface area contributed by atoms with Gasteiger partial charge in [0.05, 0.1) is 0 Å². The van der Waals surface area contributed by atoms with E-state index in [-0.39, 0.29) is 0 Å². The quantitative estimate of drug-likeness (QED) is 0.783. The van der Waals surface area contributed by atoms with Crippen LogP contribution < -0.4 is 4.90 Å². The van der Waals surface area contributed by atoms with Gasteiger partial charge in [0.15, 0.2) is 0 Å². The van der Waals surface area contributed by atoms with Crippen LogP contribution in [-0.4, -0.2) is 12.0 Å². The lowest BCUT2D eigenvalue weighted by Gasteiger charge is -2.19. The predicted octanol–water partition coefficient (Wildman–Crippen LogP) is 4.36. The Morgan fingerprint density at radius 1 is 1.11 bits per heavy atom. The molecule has 94 valence electrons. The molecular formula is C15H17BrN2. The minimum Gasteiger partial charge on any atom is -0.329 e. The zero-order chi connectivity index (χ0) is 13.1. The van der Waals surface area contributed by atoms with Gasteiger partial charge in [-0.2, -0.15) is 0 Å². The van der Waals surface area contributed by atoms with E-state index < -0.39 is 0 Å². The lowest BCUT2D eigenvalue weighted by atomic mass is 10.1. The van der Waals surface area contributed by atoms with Crippen LogP contribution in [0.1, 0.15) is 16.7 Å². The number of benzene rings is 1. The number of nitrogens with zero attached hydrogens (tertiary/aromatic N) is 2. The molecule has 2 rings (SSSR count). The fraction of sp³-hybridized carbons (Fsp3) is 0.267. The monoisotopic (exact) mass is 304 g/mol. The van der Waals surface area contributed by atoms with E-state index in [0.29, 0.717) is 0 Å². The molecule has 0 aliphatic carbocycles. The van der Waals surface area contributed by atoms with E-state index in [0.717, 1.165) is 11.1 Å². The van der Waals surface area contributed by atoms with Gasteiger partial charge in [0.2, 0.25) is 0 Å². The number of hydrogen-bond donors (Lipinski definition) is 0. The molecule has 0 spiro atoms. The first-order valence-corrected chi connectivity index (χ1v) is 7.05. The Kier molecular flexibility index (Phi) is 4.02. The van der Waals surface area contributed by atoms with Crippen molar-refractivity contribution >= 4 is 27.4 Å². The first-order chi connectivity index (χ1) is 8.60. The lowest BCUT2D eigenvalue weighted by molar-refractivity contribution is 1.11. The van der Waals surface area contributed by atoms with Crippen LogP contribution in [0.5, 0.6) is 0 Å². The third-order valence-electron chi connectivity index (χ3n) is 2.90. The summed E-state index contributed by atoms with van der Waals surface area (Å²) in [6.07, 6.45) is 1.91. The molecule has 0 aliphatic rings. The lowest BCUT2D eigenvalue weighted by Crippen LogP contribution is -2.11. The molecule has 1 aromatic heterocycles. The van der Waals surface area contributed by atoms with Crippen molar-refractivity contribution in [3.05, 3.63) is 53.2 Å². The molecule has 0 aliphatic heterocycles. The van der Waals surface area contributed by atoms with Gasteiger partial charge in [0.1, 0.15) is 5.82 Å². The molecule has 0 fully saturated rings. The normalized spacial score (nSPS) is 10.4. The number of rotatable bonds is 3. The van der Waals surface area contributed by atoms with Gasteiger partial charge in [0, 0.05) is 24.3 Å². The van der Waals surface area contributed by atoms with Crippen molar-refractivity contribution < 1.29 is 0 Å². The number of anilines is 2. The van der Waals surface area contributed by atoms with Gasteiger partial charge in [-0.05, 0) is 48.7 Å². The van der Waals surface area contributed by atoms with Crippen LogP contribution in [-0.2, 0) is 5.33 Å². The number of hydrogen-bond acceptors (Lipinski definition) is 2. The fourth-order valence-corrected chi connectivity index (χ4v) is 2.30. The van der Waals surface area contributed by atoms with E-state index in [1.54, 1.807) is 0 Å². The zero-order valence-corrected chi connectivity index (χ0v) is 12.5. The molecule has 0 saturated heterocycles. The van der Waals surface area contributed by atoms with E-state index >= 15 is 0 Å². The number of aryl methyl sites for hydroxylation is 2. The Morgan fingerprint density at radius 2 is 1.78 bits per heavy atom. The van der Waals surface area contributed by atoms with Crippen molar-refractivity contribution in [3.8, 4) is 0 Å². The summed E-state index contributed by atoms with van der Waals surface area (Å²) >= 11 is 3.43. The molecule has 0 bridgehead atoms. The van der Waals surface area contributed by atoms with Gasteiger partial charge < -0.3 is 4.90 Å². The predicted molar refractivity (Wildman–Crippen MR) is 80.8 cm³/mol. The molecular weight excluding hydrogens is 288 g/mol. The Bertz CT molecular complexity index is 514. The fourth-order valence-electron chi connectivity index (χ4n) is 1.97. The summed E-state index contributed by atoms with van der Waals surface area (Å²) in [5.41, 5.74) is 4.90. The summed E-state index contributed by atoms with van der Waals surface area (Å²) in [4.78, 5) is 6.59. The van der Waals surface area contributed by atoms with Crippen LogP contribution in [0.2, 0.25) is 0 Å². The van der Waals surface area contributed by atoms with E-state index in [1.165, 1.54) is 22.4 Å².